The average Bonchev–Trinajstić information content (AvgIpc) is 2.96. The number of benzene rings is 1. The topological polar surface area (TPSA) is 139 Å². The summed E-state index contributed by atoms with van der Waals surface area (Å²) in [6.07, 6.45) is 3.54. The third kappa shape index (κ3) is 7.14. The Hall–Kier alpha value is -3.83. The molecule has 3 amide bonds. The molecule has 2 aromatic rings. The molecule has 0 radical (unpaired) electrons. The van der Waals surface area contributed by atoms with Gasteiger partial charge in [-0.05, 0) is 57.2 Å². The van der Waals surface area contributed by atoms with Crippen molar-refractivity contribution < 1.29 is 28.7 Å². The van der Waals surface area contributed by atoms with Crippen molar-refractivity contribution in [1.82, 2.24) is 26.1 Å². The molecule has 0 saturated carbocycles. The summed E-state index contributed by atoms with van der Waals surface area (Å²) < 4.78 is 11.0. The average molecular weight is 580 g/mol. The number of cyclic esters (lactones) is 1. The highest BCUT2D eigenvalue weighted by Crippen LogP contribution is 2.25. The number of esters is 1. The highest BCUT2D eigenvalue weighted by atomic mass is 16.5. The van der Waals surface area contributed by atoms with Gasteiger partial charge in [0.2, 0.25) is 5.91 Å². The van der Waals surface area contributed by atoms with Gasteiger partial charge in [-0.15, -0.1) is 0 Å². The first-order valence-electron chi connectivity index (χ1n) is 14.4. The van der Waals surface area contributed by atoms with Crippen LogP contribution in [0, 0.1) is 11.3 Å². The minimum Gasteiger partial charge on any atom is -0.451 e. The fourth-order valence-electron chi connectivity index (χ4n) is 4.93. The number of aromatic nitrogens is 1. The van der Waals surface area contributed by atoms with E-state index in [1.54, 1.807) is 33.8 Å². The van der Waals surface area contributed by atoms with Gasteiger partial charge in [-0.3, -0.25) is 29.2 Å². The number of carbonyl (C=O) groups is 4. The Balaban J connectivity index is 1.72. The highest BCUT2D eigenvalue weighted by Gasteiger charge is 2.37. The normalized spacial score (nSPS) is 25.7. The molecule has 42 heavy (non-hydrogen) atoms. The molecular formula is C31H41N5O6. The zero-order valence-electron chi connectivity index (χ0n) is 25.1. The van der Waals surface area contributed by atoms with Crippen LogP contribution >= 0.6 is 0 Å². The molecule has 3 heterocycles. The van der Waals surface area contributed by atoms with Crippen LogP contribution in [0.1, 0.15) is 64.8 Å². The van der Waals surface area contributed by atoms with E-state index in [4.69, 9.17) is 14.5 Å². The lowest BCUT2D eigenvalue weighted by Gasteiger charge is -2.36. The molecule has 4 unspecified atom stereocenters. The maximum atomic E-state index is 13.5. The number of fused-ring (bicyclic) bond motifs is 4. The summed E-state index contributed by atoms with van der Waals surface area (Å²) >= 11 is 0. The first kappa shape index (κ1) is 31.1. The second kappa shape index (κ2) is 13.0. The predicted octanol–water partition coefficient (Wildman–Crippen LogP) is 2.66. The smallest absolute Gasteiger partial charge is 0.316 e. The number of ether oxygens (including phenoxy) is 2. The maximum Gasteiger partial charge on any atom is 0.316 e. The van der Waals surface area contributed by atoms with Crippen LogP contribution < -0.4 is 16.1 Å². The van der Waals surface area contributed by atoms with Crippen LogP contribution in [0.4, 0.5) is 0 Å². The van der Waals surface area contributed by atoms with Gasteiger partial charge in [-0.25, -0.2) is 5.43 Å². The molecule has 4 atom stereocenters. The van der Waals surface area contributed by atoms with E-state index in [0.717, 1.165) is 16.5 Å². The van der Waals surface area contributed by atoms with E-state index in [9.17, 15) is 19.2 Å². The quantitative estimate of drug-likeness (QED) is 0.472. The minimum atomic E-state index is -1.14. The van der Waals surface area contributed by atoms with Crippen molar-refractivity contribution in [3.63, 3.8) is 0 Å². The van der Waals surface area contributed by atoms with Crippen molar-refractivity contribution in [2.24, 2.45) is 11.3 Å². The van der Waals surface area contributed by atoms with Gasteiger partial charge in [0.1, 0.15) is 12.1 Å². The lowest BCUT2D eigenvalue weighted by molar-refractivity contribution is -0.165. The number of rotatable bonds is 3. The van der Waals surface area contributed by atoms with E-state index in [1.807, 2.05) is 43.3 Å². The van der Waals surface area contributed by atoms with Gasteiger partial charge in [-0.2, -0.15) is 0 Å². The van der Waals surface area contributed by atoms with Crippen LogP contribution in [0.25, 0.3) is 17.0 Å². The molecule has 2 aliphatic rings. The van der Waals surface area contributed by atoms with Gasteiger partial charge in [0.25, 0.3) is 11.8 Å². The van der Waals surface area contributed by atoms with Crippen molar-refractivity contribution in [2.75, 3.05) is 20.3 Å². The van der Waals surface area contributed by atoms with Crippen molar-refractivity contribution in [3.05, 3.63) is 47.7 Å². The van der Waals surface area contributed by atoms with E-state index in [-0.39, 0.29) is 24.5 Å². The summed E-state index contributed by atoms with van der Waals surface area (Å²) in [7, 11) is 1.43. The van der Waals surface area contributed by atoms with Gasteiger partial charge in [0, 0.05) is 19.0 Å². The zero-order valence-corrected chi connectivity index (χ0v) is 25.1. The number of amides is 3. The summed E-state index contributed by atoms with van der Waals surface area (Å²) in [4.78, 5) is 58.2. The Kier molecular flexibility index (Phi) is 9.63. The van der Waals surface area contributed by atoms with Crippen molar-refractivity contribution >= 4 is 40.7 Å². The largest absolute Gasteiger partial charge is 0.451 e. The summed E-state index contributed by atoms with van der Waals surface area (Å²) in [5, 5.41) is 8.01. The molecule has 1 saturated heterocycles. The van der Waals surface area contributed by atoms with Gasteiger partial charge in [0.05, 0.1) is 29.3 Å². The molecule has 11 nitrogen and oxygen atoms in total. The number of nitrogens with one attached hydrogen (secondary N) is 3. The molecule has 5 bridgehead atoms. The standard InChI is InChI=1S/C31H41N5O6/c1-18(2)26-28(38)34-25(17-41-6)29(39)36-15-7-8-23(35-36)27(37)32-19(3)22-12-11-21-10-9-20(16-24(21)33-22)13-14-31(4,5)30(40)42-26/h9-14,16,18-19,23,25-26,35H,7-8,15,17H2,1-6H3,(H,32,37)(H,34,38). The van der Waals surface area contributed by atoms with E-state index >= 15 is 0 Å². The molecule has 1 fully saturated rings. The lowest BCUT2D eigenvalue weighted by atomic mass is 9.92. The zero-order chi connectivity index (χ0) is 30.6. The Labute approximate surface area is 246 Å². The predicted molar refractivity (Wildman–Crippen MR) is 158 cm³/mol. The number of methoxy groups -OCH3 is 1. The summed E-state index contributed by atoms with van der Waals surface area (Å²) in [6, 6.07) is 7.54. The van der Waals surface area contributed by atoms with E-state index in [0.29, 0.717) is 25.1 Å². The van der Waals surface area contributed by atoms with Gasteiger partial charge >= 0.3 is 5.97 Å². The minimum absolute atomic E-state index is 0.101. The van der Waals surface area contributed by atoms with Gasteiger partial charge in [0.15, 0.2) is 6.10 Å². The van der Waals surface area contributed by atoms with Gasteiger partial charge in [-0.1, -0.05) is 44.2 Å². The summed E-state index contributed by atoms with van der Waals surface area (Å²) in [5.74, 6) is -2.25. The molecule has 0 spiro atoms. The molecule has 2 aliphatic heterocycles. The van der Waals surface area contributed by atoms with Gasteiger partial charge < -0.3 is 20.1 Å². The van der Waals surface area contributed by atoms with Crippen molar-refractivity contribution in [3.8, 4) is 0 Å². The number of hydrogen-bond donors (Lipinski definition) is 3. The molecule has 1 aromatic heterocycles. The Morgan fingerprint density at radius 2 is 1.83 bits per heavy atom. The molecule has 3 N–H and O–H groups in total. The van der Waals surface area contributed by atoms with E-state index < -0.39 is 41.4 Å². The van der Waals surface area contributed by atoms with Crippen LogP contribution in [-0.2, 0) is 28.7 Å². The highest BCUT2D eigenvalue weighted by molar-refractivity contribution is 5.92. The SMILES string of the molecule is COCC1NC(=O)C(C(C)C)OC(=O)C(C)(C)C=Cc2ccc3ccc(nc3c2)C(C)NC(=O)C2CCCN(N2)C1=O. The second-order valence-corrected chi connectivity index (χ2v) is 11.9. The molecule has 4 rings (SSSR count). The van der Waals surface area contributed by atoms with Crippen molar-refractivity contribution in [1.29, 1.82) is 0 Å². The summed E-state index contributed by atoms with van der Waals surface area (Å²) in [6.45, 7) is 9.08. The first-order valence-corrected chi connectivity index (χ1v) is 14.4. The fraction of sp³-hybridized carbons (Fsp3) is 0.516. The second-order valence-electron chi connectivity index (χ2n) is 11.9. The first-order chi connectivity index (χ1) is 19.9. The molecule has 0 aliphatic carbocycles. The number of nitrogens with zero attached hydrogens (tertiary/aromatic N) is 2. The van der Waals surface area contributed by atoms with E-state index in [2.05, 4.69) is 16.1 Å². The molecule has 11 heteroatoms. The lowest BCUT2D eigenvalue weighted by Crippen LogP contribution is -2.62. The molecular weight excluding hydrogens is 538 g/mol. The van der Waals surface area contributed by atoms with Crippen LogP contribution in [0.15, 0.2) is 36.4 Å². The van der Waals surface area contributed by atoms with E-state index in [1.165, 1.54) is 12.1 Å². The van der Waals surface area contributed by atoms with Crippen LogP contribution in [0.2, 0.25) is 0 Å². The van der Waals surface area contributed by atoms with Crippen LogP contribution in [0.5, 0.6) is 0 Å². The van der Waals surface area contributed by atoms with Crippen molar-refractivity contribution in [2.45, 2.75) is 71.7 Å². The van der Waals surface area contributed by atoms with Crippen LogP contribution in [-0.4, -0.2) is 72.1 Å². The third-order valence-electron chi connectivity index (χ3n) is 7.57. The maximum absolute atomic E-state index is 13.5. The number of pyridine rings is 1. The monoisotopic (exact) mass is 579 g/mol. The molecule has 226 valence electrons. The summed E-state index contributed by atoms with van der Waals surface area (Å²) in [5.41, 5.74) is 4.24. The number of hydrogen-bond acceptors (Lipinski definition) is 8. The number of hydrazine groups is 1. The van der Waals surface area contributed by atoms with Crippen LogP contribution in [0.3, 0.4) is 0 Å². The third-order valence-corrected chi connectivity index (χ3v) is 7.57. The molecule has 1 aromatic carbocycles. The fourth-order valence-corrected chi connectivity index (χ4v) is 4.93. The Bertz CT molecular complexity index is 1370. The Morgan fingerprint density at radius 3 is 2.55 bits per heavy atom. The Morgan fingerprint density at radius 1 is 1.10 bits per heavy atom. The number of carbonyl (C=O) groups excluding carboxylic acids is 4.